The second-order valence-electron chi connectivity index (χ2n) is 6.33. The highest BCUT2D eigenvalue weighted by atomic mass is 35.5. The van der Waals surface area contributed by atoms with Gasteiger partial charge in [0.15, 0.2) is 0 Å². The fourth-order valence-corrected chi connectivity index (χ4v) is 2.88. The van der Waals surface area contributed by atoms with Gasteiger partial charge in [0.1, 0.15) is 0 Å². The Hall–Kier alpha value is -1.66. The Morgan fingerprint density at radius 1 is 1.15 bits per heavy atom. The molecule has 1 aromatic heterocycles. The number of carbonyl (C=O) groups excluding carboxylic acids is 1. The smallest absolute Gasteiger partial charge is 0.240 e. The first kappa shape index (κ1) is 22.4. The first-order chi connectivity index (χ1) is 11.6. The van der Waals surface area contributed by atoms with Crippen LogP contribution in [-0.2, 0) is 9.53 Å². The third-order valence-corrected chi connectivity index (χ3v) is 4.59. The SMILES string of the molecule is CC(NC(=O)C1(N)CCOCC1)c1ccc(-c2cccnc2)cc1.Cl.Cl. The summed E-state index contributed by atoms with van der Waals surface area (Å²) in [5.41, 5.74) is 8.64. The monoisotopic (exact) mass is 397 g/mol. The zero-order valence-corrected chi connectivity index (χ0v) is 16.3. The van der Waals surface area contributed by atoms with Gasteiger partial charge in [-0.25, -0.2) is 0 Å². The van der Waals surface area contributed by atoms with Gasteiger partial charge in [0.25, 0.3) is 0 Å². The number of pyridine rings is 1. The molecule has 2 aromatic rings. The van der Waals surface area contributed by atoms with Crippen LogP contribution in [0.3, 0.4) is 0 Å². The predicted octanol–water partition coefficient (Wildman–Crippen LogP) is 3.28. The van der Waals surface area contributed by atoms with E-state index in [2.05, 4.69) is 10.3 Å². The van der Waals surface area contributed by atoms with Gasteiger partial charge < -0.3 is 15.8 Å². The number of amides is 1. The Morgan fingerprint density at radius 3 is 2.38 bits per heavy atom. The van der Waals surface area contributed by atoms with E-state index in [-0.39, 0.29) is 36.8 Å². The molecule has 5 nitrogen and oxygen atoms in total. The maximum Gasteiger partial charge on any atom is 0.240 e. The predicted molar refractivity (Wildman–Crippen MR) is 108 cm³/mol. The van der Waals surface area contributed by atoms with E-state index in [1.165, 1.54) is 0 Å². The summed E-state index contributed by atoms with van der Waals surface area (Å²) >= 11 is 0. The van der Waals surface area contributed by atoms with E-state index in [1.807, 2.05) is 49.5 Å². The van der Waals surface area contributed by atoms with Gasteiger partial charge in [-0.3, -0.25) is 9.78 Å². The Bertz CT molecular complexity index is 690. The van der Waals surface area contributed by atoms with Crippen molar-refractivity contribution < 1.29 is 9.53 Å². The minimum Gasteiger partial charge on any atom is -0.381 e. The quantitative estimate of drug-likeness (QED) is 0.829. The molecular weight excluding hydrogens is 373 g/mol. The molecular formula is C19H25Cl2N3O2. The van der Waals surface area contributed by atoms with Crippen LogP contribution in [0.2, 0.25) is 0 Å². The van der Waals surface area contributed by atoms with E-state index in [0.29, 0.717) is 26.1 Å². The van der Waals surface area contributed by atoms with E-state index >= 15 is 0 Å². The summed E-state index contributed by atoms with van der Waals surface area (Å²) in [5.74, 6) is -0.102. The third kappa shape index (κ3) is 5.17. The van der Waals surface area contributed by atoms with Gasteiger partial charge in [0.05, 0.1) is 11.6 Å². The van der Waals surface area contributed by atoms with Crippen LogP contribution in [-0.4, -0.2) is 29.6 Å². The van der Waals surface area contributed by atoms with Crippen LogP contribution in [0, 0.1) is 0 Å². The van der Waals surface area contributed by atoms with Gasteiger partial charge in [-0.15, -0.1) is 24.8 Å². The number of benzene rings is 1. The Balaban J connectivity index is 0.00000169. The number of nitrogens with zero attached hydrogens (tertiary/aromatic N) is 1. The van der Waals surface area contributed by atoms with Gasteiger partial charge in [-0.1, -0.05) is 30.3 Å². The molecule has 0 aliphatic carbocycles. The highest BCUT2D eigenvalue weighted by Crippen LogP contribution is 2.23. The standard InChI is InChI=1S/C19H23N3O2.2ClH/c1-14(22-18(23)19(20)8-11-24-12-9-19)15-4-6-16(7-5-15)17-3-2-10-21-13-17;;/h2-7,10,13-14H,8-9,11-12,20H2,1H3,(H,22,23);2*1H. The zero-order chi connectivity index (χ0) is 17.0. The number of rotatable bonds is 4. The largest absolute Gasteiger partial charge is 0.381 e. The Labute approximate surface area is 166 Å². The number of carbonyl (C=O) groups is 1. The first-order valence-electron chi connectivity index (χ1n) is 8.26. The molecule has 1 atom stereocenters. The minimum absolute atomic E-state index is 0. The van der Waals surface area contributed by atoms with Crippen molar-refractivity contribution in [2.75, 3.05) is 13.2 Å². The first-order valence-corrected chi connectivity index (χ1v) is 8.26. The van der Waals surface area contributed by atoms with Crippen LogP contribution >= 0.6 is 24.8 Å². The van der Waals surface area contributed by atoms with Crippen molar-refractivity contribution in [3.05, 3.63) is 54.4 Å². The molecule has 0 bridgehead atoms. The molecule has 26 heavy (non-hydrogen) atoms. The highest BCUT2D eigenvalue weighted by molar-refractivity contribution is 5.86. The van der Waals surface area contributed by atoms with Gasteiger partial charge in [-0.2, -0.15) is 0 Å². The molecule has 1 aliphatic rings. The number of hydrogen-bond acceptors (Lipinski definition) is 4. The summed E-state index contributed by atoms with van der Waals surface area (Å²) in [6.45, 7) is 3.05. The normalized spacial score (nSPS) is 16.5. The lowest BCUT2D eigenvalue weighted by Gasteiger charge is -2.33. The molecule has 3 rings (SSSR count). The fraction of sp³-hybridized carbons (Fsp3) is 0.368. The average Bonchev–Trinajstić information content (AvgIpc) is 2.63. The van der Waals surface area contributed by atoms with Crippen LogP contribution in [0.4, 0.5) is 0 Å². The molecule has 0 saturated carbocycles. The van der Waals surface area contributed by atoms with E-state index in [9.17, 15) is 4.79 Å². The van der Waals surface area contributed by atoms with Crippen LogP contribution in [0.25, 0.3) is 11.1 Å². The number of hydrogen-bond donors (Lipinski definition) is 2. The number of ether oxygens (including phenoxy) is 1. The summed E-state index contributed by atoms with van der Waals surface area (Å²) in [5, 5.41) is 3.03. The van der Waals surface area contributed by atoms with Crippen molar-refractivity contribution in [3.8, 4) is 11.1 Å². The maximum atomic E-state index is 12.5. The summed E-state index contributed by atoms with van der Waals surface area (Å²) in [6.07, 6.45) is 4.72. The van der Waals surface area contributed by atoms with Crippen molar-refractivity contribution in [1.82, 2.24) is 10.3 Å². The Morgan fingerprint density at radius 2 is 1.81 bits per heavy atom. The van der Waals surface area contributed by atoms with Crippen LogP contribution < -0.4 is 11.1 Å². The summed E-state index contributed by atoms with van der Waals surface area (Å²) in [7, 11) is 0. The van der Waals surface area contributed by atoms with E-state index in [0.717, 1.165) is 16.7 Å². The molecule has 1 unspecified atom stereocenters. The molecule has 1 fully saturated rings. The van der Waals surface area contributed by atoms with Gasteiger partial charge in [-0.05, 0) is 42.5 Å². The van der Waals surface area contributed by atoms with Crippen LogP contribution in [0.15, 0.2) is 48.8 Å². The van der Waals surface area contributed by atoms with Gasteiger partial charge in [0.2, 0.25) is 5.91 Å². The molecule has 1 aliphatic heterocycles. The maximum absolute atomic E-state index is 12.5. The van der Waals surface area contributed by atoms with Crippen molar-refractivity contribution in [1.29, 1.82) is 0 Å². The second kappa shape index (κ2) is 9.88. The molecule has 1 aromatic carbocycles. The third-order valence-electron chi connectivity index (χ3n) is 4.59. The van der Waals surface area contributed by atoms with Crippen LogP contribution in [0.1, 0.15) is 31.4 Å². The fourth-order valence-electron chi connectivity index (χ4n) is 2.88. The van der Waals surface area contributed by atoms with Crippen LogP contribution in [0.5, 0.6) is 0 Å². The highest BCUT2D eigenvalue weighted by Gasteiger charge is 2.36. The Kier molecular flexibility index (Phi) is 8.50. The lowest BCUT2D eigenvalue weighted by Crippen LogP contribution is -2.57. The van der Waals surface area contributed by atoms with Gasteiger partial charge >= 0.3 is 0 Å². The second-order valence-corrected chi connectivity index (χ2v) is 6.33. The summed E-state index contributed by atoms with van der Waals surface area (Å²) in [4.78, 5) is 16.6. The van der Waals surface area contributed by atoms with Gasteiger partial charge in [0, 0.05) is 25.6 Å². The van der Waals surface area contributed by atoms with E-state index < -0.39 is 5.54 Å². The summed E-state index contributed by atoms with van der Waals surface area (Å²) in [6, 6.07) is 12.0. The molecule has 3 N–H and O–H groups in total. The zero-order valence-electron chi connectivity index (χ0n) is 14.7. The summed E-state index contributed by atoms with van der Waals surface area (Å²) < 4.78 is 5.29. The molecule has 142 valence electrons. The number of nitrogens with two attached hydrogens (primary N) is 1. The van der Waals surface area contributed by atoms with Crippen molar-refractivity contribution in [2.24, 2.45) is 5.73 Å². The topological polar surface area (TPSA) is 77.2 Å². The minimum atomic E-state index is -0.817. The molecule has 0 spiro atoms. The molecule has 7 heteroatoms. The molecule has 0 radical (unpaired) electrons. The molecule has 1 saturated heterocycles. The average molecular weight is 398 g/mol. The number of halogens is 2. The van der Waals surface area contributed by atoms with E-state index in [1.54, 1.807) is 6.20 Å². The number of nitrogens with one attached hydrogen (secondary N) is 1. The molecule has 1 amide bonds. The van der Waals surface area contributed by atoms with Crippen molar-refractivity contribution >= 4 is 30.7 Å². The number of aromatic nitrogens is 1. The lowest BCUT2D eigenvalue weighted by molar-refractivity contribution is -0.130. The molecule has 2 heterocycles. The van der Waals surface area contributed by atoms with E-state index in [4.69, 9.17) is 10.5 Å². The van der Waals surface area contributed by atoms with Crippen molar-refractivity contribution in [3.63, 3.8) is 0 Å². The lowest BCUT2D eigenvalue weighted by atomic mass is 9.90. The van der Waals surface area contributed by atoms with Crippen molar-refractivity contribution in [2.45, 2.75) is 31.3 Å².